The van der Waals surface area contributed by atoms with E-state index in [1.54, 1.807) is 30.3 Å². The van der Waals surface area contributed by atoms with Gasteiger partial charge in [0, 0.05) is 5.02 Å². The maximum atomic E-state index is 13.9. The van der Waals surface area contributed by atoms with Gasteiger partial charge in [-0.3, -0.25) is 0 Å². The van der Waals surface area contributed by atoms with Crippen molar-refractivity contribution in [1.29, 1.82) is 0 Å². The number of carbonyl (C=O) groups excluding carboxylic acids is 1. The largest absolute Gasteiger partial charge is 0.479 e. The summed E-state index contributed by atoms with van der Waals surface area (Å²) in [6.45, 7) is -0.808. The molecule has 0 aromatic heterocycles. The zero-order chi connectivity index (χ0) is 15.4. The van der Waals surface area contributed by atoms with Crippen LogP contribution in [0, 0.1) is 5.82 Å². The van der Waals surface area contributed by atoms with Crippen molar-refractivity contribution >= 4 is 23.5 Å². The molecule has 0 aliphatic carbocycles. The van der Waals surface area contributed by atoms with Gasteiger partial charge in [0.05, 0.1) is 5.56 Å². The summed E-state index contributed by atoms with van der Waals surface area (Å²) in [5.74, 6) is -3.10. The van der Waals surface area contributed by atoms with Crippen molar-refractivity contribution in [3.05, 3.63) is 58.9 Å². The van der Waals surface area contributed by atoms with Gasteiger partial charge in [0.1, 0.15) is 5.82 Å². The fourth-order valence-electron chi connectivity index (χ4n) is 1.71. The molecule has 0 bridgehead atoms. The Kier molecular flexibility index (Phi) is 4.55. The number of ether oxygens (including phenoxy) is 1. The number of halogens is 2. The third-order valence-corrected chi connectivity index (χ3v) is 2.95. The van der Waals surface area contributed by atoms with Gasteiger partial charge < -0.3 is 9.84 Å². The molecule has 108 valence electrons. The van der Waals surface area contributed by atoms with Crippen LogP contribution in [0.4, 0.5) is 4.39 Å². The van der Waals surface area contributed by atoms with Crippen LogP contribution < -0.4 is 0 Å². The van der Waals surface area contributed by atoms with Crippen molar-refractivity contribution in [1.82, 2.24) is 0 Å². The van der Waals surface area contributed by atoms with Crippen LogP contribution in [0.5, 0.6) is 0 Å². The highest BCUT2D eigenvalue weighted by atomic mass is 35.5. The van der Waals surface area contributed by atoms with Gasteiger partial charge in [-0.1, -0.05) is 29.8 Å². The van der Waals surface area contributed by atoms with E-state index in [9.17, 15) is 14.0 Å². The lowest BCUT2D eigenvalue weighted by Crippen LogP contribution is -2.14. The molecule has 0 aliphatic rings. The monoisotopic (exact) mass is 308 g/mol. The van der Waals surface area contributed by atoms with Crippen LogP contribution in [0.15, 0.2) is 42.5 Å². The Morgan fingerprint density at radius 3 is 2.29 bits per heavy atom. The van der Waals surface area contributed by atoms with E-state index in [1.807, 2.05) is 0 Å². The Hall–Kier alpha value is -2.40. The van der Waals surface area contributed by atoms with Crippen molar-refractivity contribution in [2.45, 2.75) is 0 Å². The van der Waals surface area contributed by atoms with E-state index in [4.69, 9.17) is 16.7 Å². The van der Waals surface area contributed by atoms with E-state index in [1.165, 1.54) is 12.1 Å². The van der Waals surface area contributed by atoms with Gasteiger partial charge in [0.2, 0.25) is 0 Å². The lowest BCUT2D eigenvalue weighted by atomic mass is 10.0. The molecule has 0 unspecified atom stereocenters. The molecule has 21 heavy (non-hydrogen) atoms. The van der Waals surface area contributed by atoms with Crippen LogP contribution in [0.1, 0.15) is 10.4 Å². The second-order valence-electron chi connectivity index (χ2n) is 4.17. The third-order valence-electron chi connectivity index (χ3n) is 2.69. The molecule has 0 fully saturated rings. The first kappa shape index (κ1) is 15.0. The normalized spacial score (nSPS) is 10.2. The van der Waals surface area contributed by atoms with Gasteiger partial charge in [-0.15, -0.1) is 0 Å². The average molecular weight is 309 g/mol. The standard InChI is InChI=1S/C15H10ClFO4/c16-11-4-1-9(2-5-11)10-3-6-12(13(17)7-10)15(20)21-8-14(18)19/h1-7H,8H2,(H,18,19). The maximum absolute atomic E-state index is 13.9. The van der Waals surface area contributed by atoms with Gasteiger partial charge in [0.25, 0.3) is 0 Å². The number of benzene rings is 2. The van der Waals surface area contributed by atoms with Crippen LogP contribution in [0.2, 0.25) is 5.02 Å². The lowest BCUT2D eigenvalue weighted by molar-refractivity contribution is -0.140. The highest BCUT2D eigenvalue weighted by Gasteiger charge is 2.15. The van der Waals surface area contributed by atoms with Crippen molar-refractivity contribution in [3.63, 3.8) is 0 Å². The quantitative estimate of drug-likeness (QED) is 0.879. The van der Waals surface area contributed by atoms with E-state index in [2.05, 4.69) is 4.74 Å². The van der Waals surface area contributed by atoms with E-state index in [0.29, 0.717) is 10.6 Å². The third kappa shape index (κ3) is 3.79. The highest BCUT2D eigenvalue weighted by molar-refractivity contribution is 6.30. The van der Waals surface area contributed by atoms with Gasteiger partial charge in [0.15, 0.2) is 6.61 Å². The number of carboxylic acid groups (broad SMARTS) is 1. The van der Waals surface area contributed by atoms with Crippen molar-refractivity contribution in [2.24, 2.45) is 0 Å². The molecule has 2 rings (SSSR count). The molecular weight excluding hydrogens is 299 g/mol. The molecule has 0 radical (unpaired) electrons. The Morgan fingerprint density at radius 1 is 1.10 bits per heavy atom. The molecule has 0 spiro atoms. The minimum absolute atomic E-state index is 0.311. The Morgan fingerprint density at radius 2 is 1.71 bits per heavy atom. The van der Waals surface area contributed by atoms with Gasteiger partial charge in [-0.25, -0.2) is 14.0 Å². The fourth-order valence-corrected chi connectivity index (χ4v) is 1.83. The topological polar surface area (TPSA) is 63.6 Å². The summed E-state index contributed by atoms with van der Waals surface area (Å²) in [5, 5.41) is 8.98. The minimum atomic E-state index is -1.30. The Bertz CT molecular complexity index is 683. The summed E-state index contributed by atoms with van der Waals surface area (Å²) >= 11 is 5.77. The number of aliphatic carboxylic acids is 1. The molecule has 0 amide bonds. The summed E-state index contributed by atoms with van der Waals surface area (Å²) in [5.41, 5.74) is 0.997. The second-order valence-corrected chi connectivity index (χ2v) is 4.61. The molecule has 2 aromatic carbocycles. The number of esters is 1. The molecule has 6 heteroatoms. The number of carbonyl (C=O) groups is 2. The molecule has 0 heterocycles. The number of hydrogen-bond acceptors (Lipinski definition) is 3. The van der Waals surface area contributed by atoms with Crippen LogP contribution in [-0.2, 0) is 9.53 Å². The molecule has 1 N–H and O–H groups in total. The summed E-state index contributed by atoms with van der Waals surface area (Å²) < 4.78 is 18.4. The first-order chi connectivity index (χ1) is 9.97. The van der Waals surface area contributed by atoms with Gasteiger partial charge in [-0.05, 0) is 35.4 Å². The number of rotatable bonds is 4. The Labute approximate surface area is 124 Å². The highest BCUT2D eigenvalue weighted by Crippen LogP contribution is 2.24. The molecule has 0 atom stereocenters. The zero-order valence-corrected chi connectivity index (χ0v) is 11.4. The second kappa shape index (κ2) is 6.37. The van der Waals surface area contributed by atoms with E-state index in [0.717, 1.165) is 5.56 Å². The van der Waals surface area contributed by atoms with Gasteiger partial charge >= 0.3 is 11.9 Å². The predicted octanol–water partition coefficient (Wildman–Crippen LogP) is 3.39. The summed E-state index contributed by atoms with van der Waals surface area (Å²) in [6.07, 6.45) is 0. The van der Waals surface area contributed by atoms with E-state index >= 15 is 0 Å². The van der Waals surface area contributed by atoms with Crippen LogP contribution in [0.3, 0.4) is 0 Å². The van der Waals surface area contributed by atoms with Crippen molar-refractivity contribution in [2.75, 3.05) is 6.61 Å². The molecule has 4 nitrogen and oxygen atoms in total. The van der Waals surface area contributed by atoms with Crippen LogP contribution >= 0.6 is 11.6 Å². The first-order valence-electron chi connectivity index (χ1n) is 5.92. The molecular formula is C15H10ClFO4. The number of carboxylic acids is 1. The summed E-state index contributed by atoms with van der Waals surface area (Å²) in [6, 6.07) is 10.8. The first-order valence-corrected chi connectivity index (χ1v) is 6.29. The van der Waals surface area contributed by atoms with E-state index < -0.39 is 24.4 Å². The Balaban J connectivity index is 2.23. The van der Waals surface area contributed by atoms with Crippen molar-refractivity contribution < 1.29 is 23.8 Å². The average Bonchev–Trinajstić information content (AvgIpc) is 2.45. The smallest absolute Gasteiger partial charge is 0.341 e. The van der Waals surface area contributed by atoms with Gasteiger partial charge in [-0.2, -0.15) is 0 Å². The zero-order valence-electron chi connectivity index (χ0n) is 10.7. The molecule has 2 aromatic rings. The minimum Gasteiger partial charge on any atom is -0.479 e. The molecule has 0 saturated carbocycles. The van der Waals surface area contributed by atoms with Crippen LogP contribution in [0.25, 0.3) is 11.1 Å². The van der Waals surface area contributed by atoms with Crippen molar-refractivity contribution in [3.8, 4) is 11.1 Å². The maximum Gasteiger partial charge on any atom is 0.341 e. The SMILES string of the molecule is O=C(O)COC(=O)c1ccc(-c2ccc(Cl)cc2)cc1F. The summed E-state index contributed by atoms with van der Waals surface area (Å²) in [4.78, 5) is 21.8. The van der Waals surface area contributed by atoms with Crippen LogP contribution in [-0.4, -0.2) is 23.7 Å². The lowest BCUT2D eigenvalue weighted by Gasteiger charge is -2.06. The molecule has 0 saturated heterocycles. The fraction of sp³-hybridized carbons (Fsp3) is 0.0667. The molecule has 0 aliphatic heterocycles. The number of hydrogen-bond donors (Lipinski definition) is 1. The summed E-state index contributed by atoms with van der Waals surface area (Å²) in [7, 11) is 0. The van der Waals surface area contributed by atoms with E-state index in [-0.39, 0.29) is 5.56 Å². The predicted molar refractivity (Wildman–Crippen MR) is 74.8 cm³/mol.